The Balaban J connectivity index is 2.62. The molecule has 1 rings (SSSR count). The maximum atomic E-state index is 12.1. The van der Waals surface area contributed by atoms with E-state index in [2.05, 4.69) is 50.4 Å². The summed E-state index contributed by atoms with van der Waals surface area (Å²) in [4.78, 5) is 20.9. The number of hydrogen-bond donors (Lipinski definition) is 2. The zero-order chi connectivity index (χ0) is 17.6. The SMILES string of the molecule is CCNC(=NCC(C)(C)N(C)C)NC1CCN(C(=O)C(C)C)C1. The van der Waals surface area contributed by atoms with Gasteiger partial charge < -0.3 is 20.4 Å². The number of hydrogen-bond acceptors (Lipinski definition) is 3. The Morgan fingerprint density at radius 1 is 1.39 bits per heavy atom. The summed E-state index contributed by atoms with van der Waals surface area (Å²) in [6.07, 6.45) is 0.972. The van der Waals surface area contributed by atoms with Crippen molar-refractivity contribution >= 4 is 11.9 Å². The summed E-state index contributed by atoms with van der Waals surface area (Å²) in [7, 11) is 4.14. The van der Waals surface area contributed by atoms with Crippen molar-refractivity contribution in [3.05, 3.63) is 0 Å². The first-order valence-electron chi connectivity index (χ1n) is 8.68. The van der Waals surface area contributed by atoms with Crippen LogP contribution in [0, 0.1) is 5.92 Å². The number of carbonyl (C=O) groups is 1. The van der Waals surface area contributed by atoms with Crippen molar-refractivity contribution in [3.63, 3.8) is 0 Å². The molecule has 23 heavy (non-hydrogen) atoms. The molecule has 6 nitrogen and oxygen atoms in total. The Kier molecular flexibility index (Phi) is 7.32. The van der Waals surface area contributed by atoms with Gasteiger partial charge in [-0.15, -0.1) is 0 Å². The Morgan fingerprint density at radius 2 is 2.04 bits per heavy atom. The number of amides is 1. The molecule has 0 spiro atoms. The third kappa shape index (κ3) is 6.01. The summed E-state index contributed by atoms with van der Waals surface area (Å²) in [5, 5.41) is 6.78. The lowest BCUT2D eigenvalue weighted by Crippen LogP contribution is -2.47. The average Bonchev–Trinajstić information content (AvgIpc) is 2.92. The van der Waals surface area contributed by atoms with Gasteiger partial charge in [-0.05, 0) is 41.3 Å². The summed E-state index contributed by atoms with van der Waals surface area (Å²) >= 11 is 0. The summed E-state index contributed by atoms with van der Waals surface area (Å²) < 4.78 is 0. The molecule has 1 aliphatic rings. The van der Waals surface area contributed by atoms with E-state index in [9.17, 15) is 4.79 Å². The molecular formula is C17H35N5O. The second-order valence-corrected chi connectivity index (χ2v) is 7.47. The molecule has 0 aliphatic carbocycles. The fourth-order valence-electron chi connectivity index (χ4n) is 2.37. The van der Waals surface area contributed by atoms with Crippen molar-refractivity contribution in [1.82, 2.24) is 20.4 Å². The van der Waals surface area contributed by atoms with Crippen molar-refractivity contribution in [3.8, 4) is 0 Å². The quantitative estimate of drug-likeness (QED) is 0.568. The molecule has 1 heterocycles. The van der Waals surface area contributed by atoms with Crippen LogP contribution in [0.2, 0.25) is 0 Å². The van der Waals surface area contributed by atoms with Gasteiger partial charge in [0.05, 0.1) is 6.54 Å². The average molecular weight is 326 g/mol. The lowest BCUT2D eigenvalue weighted by Gasteiger charge is -2.31. The van der Waals surface area contributed by atoms with Crippen LogP contribution in [0.15, 0.2) is 4.99 Å². The Morgan fingerprint density at radius 3 is 2.57 bits per heavy atom. The van der Waals surface area contributed by atoms with Crippen molar-refractivity contribution in [2.75, 3.05) is 40.3 Å². The molecular weight excluding hydrogens is 290 g/mol. The zero-order valence-electron chi connectivity index (χ0n) is 15.9. The molecule has 6 heteroatoms. The number of guanidine groups is 1. The molecule has 1 unspecified atom stereocenters. The smallest absolute Gasteiger partial charge is 0.225 e. The maximum absolute atomic E-state index is 12.1. The molecule has 2 N–H and O–H groups in total. The molecule has 0 aromatic heterocycles. The van der Waals surface area contributed by atoms with E-state index in [1.807, 2.05) is 18.7 Å². The number of likely N-dealkylation sites (N-methyl/N-ethyl adjacent to an activating group) is 1. The highest BCUT2D eigenvalue weighted by atomic mass is 16.2. The third-order valence-electron chi connectivity index (χ3n) is 4.51. The normalized spacial score (nSPS) is 19.6. The standard InChI is InChI=1S/C17H35N5O/c1-8-18-16(19-12-17(4,5)21(6)7)20-14-9-10-22(11-14)15(23)13(2)3/h13-14H,8-12H2,1-7H3,(H2,18,19,20). The second kappa shape index (κ2) is 8.52. The monoisotopic (exact) mass is 325 g/mol. The topological polar surface area (TPSA) is 60.0 Å². The largest absolute Gasteiger partial charge is 0.357 e. The fraction of sp³-hybridized carbons (Fsp3) is 0.882. The summed E-state index contributed by atoms with van der Waals surface area (Å²) in [6, 6.07) is 0.276. The minimum atomic E-state index is 0.0116. The van der Waals surface area contributed by atoms with E-state index in [0.717, 1.165) is 38.6 Å². The van der Waals surface area contributed by atoms with Gasteiger partial charge in [-0.3, -0.25) is 9.79 Å². The molecule has 1 fully saturated rings. The van der Waals surface area contributed by atoms with Crippen LogP contribution < -0.4 is 10.6 Å². The third-order valence-corrected chi connectivity index (χ3v) is 4.51. The van der Waals surface area contributed by atoms with Gasteiger partial charge in [0.1, 0.15) is 0 Å². The highest BCUT2D eigenvalue weighted by molar-refractivity contribution is 5.81. The molecule has 0 saturated carbocycles. The number of carbonyl (C=O) groups excluding carboxylic acids is 1. The Bertz CT molecular complexity index is 417. The van der Waals surface area contributed by atoms with E-state index < -0.39 is 0 Å². The maximum Gasteiger partial charge on any atom is 0.225 e. The first-order valence-corrected chi connectivity index (χ1v) is 8.68. The zero-order valence-corrected chi connectivity index (χ0v) is 15.9. The van der Waals surface area contributed by atoms with Crippen LogP contribution in [0.1, 0.15) is 41.0 Å². The fourth-order valence-corrected chi connectivity index (χ4v) is 2.37. The molecule has 1 aliphatic heterocycles. The van der Waals surface area contributed by atoms with Gasteiger partial charge in [-0.25, -0.2) is 0 Å². The van der Waals surface area contributed by atoms with Gasteiger partial charge in [-0.2, -0.15) is 0 Å². The van der Waals surface area contributed by atoms with E-state index in [1.165, 1.54) is 0 Å². The van der Waals surface area contributed by atoms with E-state index in [-0.39, 0.29) is 23.4 Å². The Labute approximate surface area is 141 Å². The molecule has 0 aromatic rings. The molecule has 1 atom stereocenters. The van der Waals surface area contributed by atoms with Crippen molar-refractivity contribution < 1.29 is 4.79 Å². The van der Waals surface area contributed by atoms with Gasteiger partial charge in [0.25, 0.3) is 0 Å². The number of likely N-dealkylation sites (tertiary alicyclic amines) is 1. The second-order valence-electron chi connectivity index (χ2n) is 7.47. The predicted octanol–water partition coefficient (Wildman–Crippen LogP) is 1.14. The van der Waals surface area contributed by atoms with Crippen molar-refractivity contribution in [2.24, 2.45) is 10.9 Å². The predicted molar refractivity (Wildman–Crippen MR) is 96.7 cm³/mol. The summed E-state index contributed by atoms with van der Waals surface area (Å²) in [5.41, 5.74) is 0.0116. The first kappa shape index (κ1) is 19.7. The lowest BCUT2D eigenvalue weighted by molar-refractivity contribution is -0.133. The number of nitrogens with one attached hydrogen (secondary N) is 2. The molecule has 0 aromatic carbocycles. The van der Waals surface area contributed by atoms with Crippen LogP contribution in [-0.4, -0.2) is 73.5 Å². The van der Waals surface area contributed by atoms with Crippen LogP contribution in [0.3, 0.4) is 0 Å². The Hall–Kier alpha value is -1.30. The molecule has 134 valence electrons. The van der Waals surface area contributed by atoms with Crippen LogP contribution >= 0.6 is 0 Å². The number of nitrogens with zero attached hydrogens (tertiary/aromatic N) is 3. The highest BCUT2D eigenvalue weighted by Gasteiger charge is 2.28. The lowest BCUT2D eigenvalue weighted by atomic mass is 10.1. The molecule has 1 saturated heterocycles. The van der Waals surface area contributed by atoms with Crippen molar-refractivity contribution in [1.29, 1.82) is 0 Å². The van der Waals surface area contributed by atoms with E-state index in [1.54, 1.807) is 0 Å². The van der Waals surface area contributed by atoms with Crippen LogP contribution in [0.5, 0.6) is 0 Å². The highest BCUT2D eigenvalue weighted by Crippen LogP contribution is 2.13. The van der Waals surface area contributed by atoms with Gasteiger partial charge in [0, 0.05) is 37.1 Å². The van der Waals surface area contributed by atoms with Gasteiger partial charge in [0.2, 0.25) is 5.91 Å². The van der Waals surface area contributed by atoms with Gasteiger partial charge in [-0.1, -0.05) is 13.8 Å². The molecule has 0 bridgehead atoms. The first-order chi connectivity index (χ1) is 10.7. The van der Waals surface area contributed by atoms with E-state index in [4.69, 9.17) is 4.99 Å². The summed E-state index contributed by atoms with van der Waals surface area (Å²) in [6.45, 7) is 13.5. The summed E-state index contributed by atoms with van der Waals surface area (Å²) in [5.74, 6) is 1.15. The minimum absolute atomic E-state index is 0.0116. The molecule has 1 amide bonds. The number of rotatable bonds is 6. The molecule has 0 radical (unpaired) electrons. The minimum Gasteiger partial charge on any atom is -0.357 e. The van der Waals surface area contributed by atoms with Gasteiger partial charge in [0.15, 0.2) is 5.96 Å². The van der Waals surface area contributed by atoms with E-state index >= 15 is 0 Å². The van der Waals surface area contributed by atoms with Crippen LogP contribution in [-0.2, 0) is 4.79 Å². The van der Waals surface area contributed by atoms with Crippen LogP contribution in [0.25, 0.3) is 0 Å². The van der Waals surface area contributed by atoms with Crippen molar-refractivity contribution in [2.45, 2.75) is 52.6 Å². The van der Waals surface area contributed by atoms with E-state index in [0.29, 0.717) is 0 Å². The number of aliphatic imine (C=N–C) groups is 1. The van der Waals surface area contributed by atoms with Gasteiger partial charge >= 0.3 is 0 Å². The van der Waals surface area contributed by atoms with Crippen LogP contribution in [0.4, 0.5) is 0 Å².